The van der Waals surface area contributed by atoms with Gasteiger partial charge in [-0.3, -0.25) is 4.90 Å². The van der Waals surface area contributed by atoms with E-state index in [1.165, 1.54) is 21.3 Å². The van der Waals surface area contributed by atoms with E-state index in [0.717, 1.165) is 69.1 Å². The normalized spacial score (nSPS) is 17.5. The molecule has 5 rings (SSSR count). The van der Waals surface area contributed by atoms with Crippen LogP contribution in [0.25, 0.3) is 10.9 Å². The predicted molar refractivity (Wildman–Crippen MR) is 117 cm³/mol. The first-order valence-corrected chi connectivity index (χ1v) is 10.9. The number of benzene rings is 1. The topological polar surface area (TPSA) is 57.6 Å². The highest BCUT2D eigenvalue weighted by molar-refractivity contribution is 7.11. The monoisotopic (exact) mass is 410 g/mol. The summed E-state index contributed by atoms with van der Waals surface area (Å²) in [7, 11) is 4.05. The standard InChI is InChI=1S/C21H26N6OS/c1-25(2)21-16-11-15(3-4-17(16)22-14-23-21)27-8-6-26(7-9-27)12-20-24-18-5-10-28-13-19(18)29-20/h3-4,11,14H,5-10,12-13H2,1-2H3. The van der Waals surface area contributed by atoms with Crippen LogP contribution >= 0.6 is 11.3 Å². The molecule has 1 saturated heterocycles. The van der Waals surface area contributed by atoms with Crippen LogP contribution in [0.1, 0.15) is 15.6 Å². The van der Waals surface area contributed by atoms with Crippen molar-refractivity contribution >= 4 is 33.7 Å². The van der Waals surface area contributed by atoms with E-state index >= 15 is 0 Å². The molecule has 152 valence electrons. The van der Waals surface area contributed by atoms with Crippen LogP contribution in [0.3, 0.4) is 0 Å². The van der Waals surface area contributed by atoms with Gasteiger partial charge in [0.25, 0.3) is 0 Å². The molecular formula is C21H26N6OS. The van der Waals surface area contributed by atoms with Crippen LogP contribution in [-0.4, -0.2) is 66.7 Å². The van der Waals surface area contributed by atoms with E-state index in [1.54, 1.807) is 6.33 Å². The highest BCUT2D eigenvalue weighted by atomic mass is 32.1. The van der Waals surface area contributed by atoms with Gasteiger partial charge < -0.3 is 14.5 Å². The van der Waals surface area contributed by atoms with Crippen molar-refractivity contribution in [2.45, 2.75) is 19.6 Å². The summed E-state index contributed by atoms with van der Waals surface area (Å²) in [6.07, 6.45) is 2.60. The van der Waals surface area contributed by atoms with E-state index in [1.807, 2.05) is 30.3 Å². The lowest BCUT2D eigenvalue weighted by Gasteiger charge is -2.35. The fourth-order valence-electron chi connectivity index (χ4n) is 4.09. The lowest BCUT2D eigenvalue weighted by Crippen LogP contribution is -2.45. The second-order valence-corrected chi connectivity index (χ2v) is 9.00. The smallest absolute Gasteiger partial charge is 0.139 e. The Labute approximate surface area is 175 Å². The molecule has 2 aliphatic rings. The number of fused-ring (bicyclic) bond motifs is 2. The van der Waals surface area contributed by atoms with Crippen molar-refractivity contribution in [3.8, 4) is 0 Å². The molecule has 0 unspecified atom stereocenters. The van der Waals surface area contributed by atoms with Crippen molar-refractivity contribution in [2.75, 3.05) is 56.7 Å². The molecule has 0 spiro atoms. The van der Waals surface area contributed by atoms with Gasteiger partial charge in [0, 0.05) is 57.8 Å². The summed E-state index contributed by atoms with van der Waals surface area (Å²) in [5.74, 6) is 0.965. The number of piperazine rings is 1. The maximum absolute atomic E-state index is 5.55. The molecule has 1 aromatic carbocycles. The minimum Gasteiger partial charge on any atom is -0.375 e. The average Bonchev–Trinajstić information content (AvgIpc) is 3.15. The first kappa shape index (κ1) is 18.7. The van der Waals surface area contributed by atoms with Gasteiger partial charge in [0.15, 0.2) is 0 Å². The molecule has 2 aliphatic heterocycles. The Morgan fingerprint density at radius 1 is 1.14 bits per heavy atom. The number of anilines is 2. The van der Waals surface area contributed by atoms with Crippen molar-refractivity contribution < 1.29 is 4.74 Å². The molecular weight excluding hydrogens is 384 g/mol. The predicted octanol–water partition coefficient (Wildman–Crippen LogP) is 2.55. The molecule has 0 saturated carbocycles. The molecule has 0 aliphatic carbocycles. The van der Waals surface area contributed by atoms with Crippen molar-refractivity contribution in [1.82, 2.24) is 19.9 Å². The number of aromatic nitrogens is 3. The van der Waals surface area contributed by atoms with E-state index in [9.17, 15) is 0 Å². The van der Waals surface area contributed by atoms with Crippen LogP contribution in [0.15, 0.2) is 24.5 Å². The molecule has 4 heterocycles. The maximum atomic E-state index is 5.55. The van der Waals surface area contributed by atoms with Gasteiger partial charge >= 0.3 is 0 Å². The third-order valence-corrected chi connectivity index (χ3v) is 6.71. The average molecular weight is 411 g/mol. The van der Waals surface area contributed by atoms with Crippen LogP contribution in [0.5, 0.6) is 0 Å². The molecule has 3 aromatic rings. The molecule has 0 N–H and O–H groups in total. The molecule has 2 aromatic heterocycles. The number of thiazole rings is 1. The van der Waals surface area contributed by atoms with Crippen LogP contribution in [0.4, 0.5) is 11.5 Å². The van der Waals surface area contributed by atoms with Crippen molar-refractivity contribution in [2.24, 2.45) is 0 Å². The largest absolute Gasteiger partial charge is 0.375 e. The Kier molecular flexibility index (Phi) is 5.07. The van der Waals surface area contributed by atoms with Gasteiger partial charge in [-0.2, -0.15) is 0 Å². The van der Waals surface area contributed by atoms with Gasteiger partial charge in [0.1, 0.15) is 17.2 Å². The summed E-state index contributed by atoms with van der Waals surface area (Å²) in [6.45, 7) is 6.62. The number of nitrogens with zero attached hydrogens (tertiary/aromatic N) is 6. The second-order valence-electron chi connectivity index (χ2n) is 7.84. The van der Waals surface area contributed by atoms with Crippen LogP contribution in [0, 0.1) is 0 Å². The van der Waals surface area contributed by atoms with E-state index in [2.05, 4.69) is 38.0 Å². The van der Waals surface area contributed by atoms with Crippen LogP contribution in [0.2, 0.25) is 0 Å². The summed E-state index contributed by atoms with van der Waals surface area (Å²) >= 11 is 1.82. The van der Waals surface area contributed by atoms with E-state index in [-0.39, 0.29) is 0 Å². The Balaban J connectivity index is 1.27. The fourth-order valence-corrected chi connectivity index (χ4v) is 5.18. The summed E-state index contributed by atoms with van der Waals surface area (Å²) in [6, 6.07) is 6.52. The zero-order valence-electron chi connectivity index (χ0n) is 17.0. The third kappa shape index (κ3) is 3.80. The fraction of sp³-hybridized carbons (Fsp3) is 0.476. The first-order chi connectivity index (χ1) is 14.2. The van der Waals surface area contributed by atoms with Gasteiger partial charge in [-0.15, -0.1) is 11.3 Å². The molecule has 8 heteroatoms. The summed E-state index contributed by atoms with van der Waals surface area (Å²) in [5.41, 5.74) is 3.49. The van der Waals surface area contributed by atoms with Crippen molar-refractivity contribution in [3.63, 3.8) is 0 Å². The molecule has 0 radical (unpaired) electrons. The molecule has 29 heavy (non-hydrogen) atoms. The zero-order valence-corrected chi connectivity index (χ0v) is 17.8. The zero-order chi connectivity index (χ0) is 19.8. The Hall–Kier alpha value is -2.29. The Morgan fingerprint density at radius 2 is 2.00 bits per heavy atom. The number of rotatable bonds is 4. The Bertz CT molecular complexity index is 988. The van der Waals surface area contributed by atoms with Crippen LogP contribution < -0.4 is 9.80 Å². The SMILES string of the molecule is CN(C)c1ncnc2ccc(N3CCN(Cc4nc5c(s4)COCC5)CC3)cc12. The summed E-state index contributed by atoms with van der Waals surface area (Å²) in [4.78, 5) is 22.1. The lowest BCUT2D eigenvalue weighted by atomic mass is 10.1. The van der Waals surface area contributed by atoms with E-state index < -0.39 is 0 Å². The minimum absolute atomic E-state index is 0.737. The van der Waals surface area contributed by atoms with Crippen LogP contribution in [-0.2, 0) is 24.3 Å². The lowest BCUT2D eigenvalue weighted by molar-refractivity contribution is 0.112. The molecule has 0 bridgehead atoms. The van der Waals surface area contributed by atoms with Gasteiger partial charge in [-0.05, 0) is 18.2 Å². The summed E-state index contributed by atoms with van der Waals surface area (Å²) in [5, 5.41) is 2.33. The Morgan fingerprint density at radius 3 is 2.79 bits per heavy atom. The summed E-state index contributed by atoms with van der Waals surface area (Å²) < 4.78 is 5.55. The van der Waals surface area contributed by atoms with Crippen molar-refractivity contribution in [1.29, 1.82) is 0 Å². The first-order valence-electron chi connectivity index (χ1n) is 10.1. The molecule has 7 nitrogen and oxygen atoms in total. The van der Waals surface area contributed by atoms with E-state index in [0.29, 0.717) is 0 Å². The number of hydrogen-bond donors (Lipinski definition) is 0. The highest BCUT2D eigenvalue weighted by Crippen LogP contribution is 2.28. The maximum Gasteiger partial charge on any atom is 0.139 e. The number of hydrogen-bond acceptors (Lipinski definition) is 8. The van der Waals surface area contributed by atoms with Gasteiger partial charge in [0.05, 0.1) is 35.8 Å². The molecule has 1 fully saturated rings. The van der Waals surface area contributed by atoms with Gasteiger partial charge in [-0.1, -0.05) is 0 Å². The molecule has 0 atom stereocenters. The number of ether oxygens (including phenoxy) is 1. The molecule has 0 amide bonds. The quantitative estimate of drug-likeness (QED) is 0.655. The van der Waals surface area contributed by atoms with Crippen molar-refractivity contribution in [3.05, 3.63) is 40.1 Å². The second kappa shape index (κ2) is 7.85. The van der Waals surface area contributed by atoms with Gasteiger partial charge in [0.2, 0.25) is 0 Å². The van der Waals surface area contributed by atoms with E-state index in [4.69, 9.17) is 9.72 Å². The minimum atomic E-state index is 0.737. The third-order valence-electron chi connectivity index (χ3n) is 5.66. The highest BCUT2D eigenvalue weighted by Gasteiger charge is 2.21. The van der Waals surface area contributed by atoms with Gasteiger partial charge in [-0.25, -0.2) is 15.0 Å².